The van der Waals surface area contributed by atoms with Crippen LogP contribution in [0, 0.1) is 12.8 Å². The maximum atomic E-state index is 13.8. The Morgan fingerprint density at radius 3 is 2.63 bits per heavy atom. The molecule has 0 radical (unpaired) electrons. The first-order valence-corrected chi connectivity index (χ1v) is 13.6. The molecule has 38 heavy (non-hydrogen) atoms. The lowest BCUT2D eigenvalue weighted by molar-refractivity contribution is 0.0919. The van der Waals surface area contributed by atoms with Crippen molar-refractivity contribution in [2.24, 2.45) is 5.92 Å². The fraction of sp³-hybridized carbons (Fsp3) is 0.379. The Morgan fingerprint density at radius 2 is 1.84 bits per heavy atom. The second-order valence-corrected chi connectivity index (χ2v) is 11.0. The second kappa shape index (κ2) is 9.91. The monoisotopic (exact) mass is 530 g/mol. The van der Waals surface area contributed by atoms with Crippen molar-refractivity contribution in [3.05, 3.63) is 81.1 Å². The summed E-state index contributed by atoms with van der Waals surface area (Å²) in [4.78, 5) is 37.6. The van der Waals surface area contributed by atoms with Gasteiger partial charge in [-0.05, 0) is 74.8 Å². The van der Waals surface area contributed by atoms with Crippen molar-refractivity contribution in [3.8, 4) is 5.69 Å². The second-order valence-electron chi connectivity index (χ2n) is 10.5. The number of carbonyl (C=O) groups is 1. The number of imidazole rings is 1. The average molecular weight is 531 g/mol. The number of rotatable bonds is 5. The zero-order chi connectivity index (χ0) is 26.4. The van der Waals surface area contributed by atoms with Crippen LogP contribution in [-0.4, -0.2) is 44.6 Å². The van der Waals surface area contributed by atoms with Gasteiger partial charge in [-0.3, -0.25) is 18.9 Å². The topological polar surface area (TPSA) is 85.0 Å². The smallest absolute Gasteiger partial charge is 0.333 e. The Labute approximate surface area is 226 Å². The van der Waals surface area contributed by atoms with Gasteiger partial charge in [0.25, 0.3) is 5.91 Å². The van der Waals surface area contributed by atoms with Crippen molar-refractivity contribution in [2.45, 2.75) is 51.6 Å². The van der Waals surface area contributed by atoms with Gasteiger partial charge in [0, 0.05) is 32.4 Å². The van der Waals surface area contributed by atoms with Crippen LogP contribution in [-0.2, 0) is 13.0 Å². The first-order valence-electron chi connectivity index (χ1n) is 13.2. The van der Waals surface area contributed by atoms with E-state index >= 15 is 0 Å². The summed E-state index contributed by atoms with van der Waals surface area (Å²) in [5.41, 5.74) is 4.99. The number of amides is 1. The maximum absolute atomic E-state index is 13.8. The van der Waals surface area contributed by atoms with E-state index in [4.69, 9.17) is 11.6 Å². The number of hydrogen-bond donors (Lipinski definition) is 1. The normalized spacial score (nSPS) is 19.1. The number of hydrogen-bond acceptors (Lipinski definition) is 5. The molecule has 1 aliphatic heterocycles. The molecule has 1 aliphatic carbocycles. The molecule has 9 heteroatoms. The number of aryl methyl sites for hydroxylation is 1. The molecular formula is C29H31ClN6O2. The third-order valence-corrected chi connectivity index (χ3v) is 8.23. The summed E-state index contributed by atoms with van der Waals surface area (Å²) in [6.07, 6.45) is 7.93. The largest absolute Gasteiger partial charge is 0.359 e. The van der Waals surface area contributed by atoms with E-state index in [0.29, 0.717) is 28.7 Å². The van der Waals surface area contributed by atoms with Crippen molar-refractivity contribution in [1.82, 2.24) is 24.4 Å². The summed E-state index contributed by atoms with van der Waals surface area (Å²) >= 11 is 6.05. The summed E-state index contributed by atoms with van der Waals surface area (Å²) in [7, 11) is 2.05. The van der Waals surface area contributed by atoms with Crippen LogP contribution in [0.2, 0.25) is 5.02 Å². The van der Waals surface area contributed by atoms with Gasteiger partial charge in [-0.2, -0.15) is 0 Å². The summed E-state index contributed by atoms with van der Waals surface area (Å²) in [5.74, 6) is 1.23. The molecule has 1 fully saturated rings. The molecule has 196 valence electrons. The maximum Gasteiger partial charge on any atom is 0.333 e. The first-order chi connectivity index (χ1) is 18.4. The lowest BCUT2D eigenvalue weighted by atomic mass is 9.85. The number of halogens is 1. The third-order valence-electron chi connectivity index (χ3n) is 8.02. The van der Waals surface area contributed by atoms with Gasteiger partial charge in [-0.15, -0.1) is 0 Å². The molecule has 0 saturated heterocycles. The first kappa shape index (κ1) is 24.7. The number of nitrogens with one attached hydrogen (secondary N) is 1. The number of carbonyl (C=O) groups excluding carboxylic acids is 1. The minimum atomic E-state index is -0.130. The van der Waals surface area contributed by atoms with Crippen molar-refractivity contribution < 1.29 is 4.79 Å². The van der Waals surface area contributed by atoms with Gasteiger partial charge in [-0.25, -0.2) is 9.78 Å². The summed E-state index contributed by atoms with van der Waals surface area (Å²) < 4.78 is 3.72. The number of nitrogens with zero attached hydrogens (tertiary/aromatic N) is 5. The van der Waals surface area contributed by atoms with Crippen LogP contribution in [0.5, 0.6) is 0 Å². The lowest BCUT2D eigenvalue weighted by Crippen LogP contribution is -2.39. The van der Waals surface area contributed by atoms with E-state index in [2.05, 4.69) is 26.3 Å². The van der Waals surface area contributed by atoms with Crippen LogP contribution in [0.3, 0.4) is 0 Å². The van der Waals surface area contributed by atoms with Crippen molar-refractivity contribution >= 4 is 34.4 Å². The Kier molecular flexibility index (Phi) is 6.43. The van der Waals surface area contributed by atoms with Gasteiger partial charge in [0.15, 0.2) is 0 Å². The molecular weight excluding hydrogens is 500 g/mol. The zero-order valence-electron chi connectivity index (χ0n) is 21.7. The number of fused-ring (bicyclic) bond motifs is 2. The molecule has 1 saturated carbocycles. The van der Waals surface area contributed by atoms with Crippen LogP contribution in [0.25, 0.3) is 16.7 Å². The highest BCUT2D eigenvalue weighted by Gasteiger charge is 2.26. The van der Waals surface area contributed by atoms with Crippen LogP contribution in [0.4, 0.5) is 5.82 Å². The van der Waals surface area contributed by atoms with E-state index in [1.54, 1.807) is 16.8 Å². The van der Waals surface area contributed by atoms with E-state index in [9.17, 15) is 9.59 Å². The van der Waals surface area contributed by atoms with Gasteiger partial charge in [0.2, 0.25) is 0 Å². The molecule has 0 bridgehead atoms. The van der Waals surface area contributed by atoms with E-state index in [1.165, 1.54) is 5.56 Å². The van der Waals surface area contributed by atoms with E-state index in [1.807, 2.05) is 49.0 Å². The van der Waals surface area contributed by atoms with Crippen LogP contribution < -0.4 is 15.9 Å². The predicted octanol–water partition coefficient (Wildman–Crippen LogP) is 4.53. The van der Waals surface area contributed by atoms with Crippen LogP contribution in [0.15, 0.2) is 53.6 Å². The molecule has 0 spiro atoms. The van der Waals surface area contributed by atoms with Gasteiger partial charge in [0.05, 0.1) is 39.2 Å². The minimum Gasteiger partial charge on any atom is -0.359 e. The van der Waals surface area contributed by atoms with Crippen LogP contribution >= 0.6 is 11.6 Å². The molecule has 8 nitrogen and oxygen atoms in total. The number of aromatic nitrogens is 4. The zero-order valence-corrected chi connectivity index (χ0v) is 22.4. The molecule has 4 aromatic rings. The third kappa shape index (κ3) is 4.47. The Morgan fingerprint density at radius 1 is 1.08 bits per heavy atom. The van der Waals surface area contributed by atoms with Gasteiger partial charge < -0.3 is 10.2 Å². The Bertz CT molecular complexity index is 1580. The number of likely N-dealkylation sites (N-methyl/N-ethyl adjacent to an activating group) is 1. The quantitative estimate of drug-likeness (QED) is 0.410. The standard InChI is InChI=1S/C29H31ClN6O2/c1-18-24(14-21(30)15-31-18)28(37)33-22-9-7-19(8-10-22)17-35-25-5-3-4-6-26(25)36(29(35)38)23-13-20-11-12-34(2)27(20)32-16-23/h3-6,13-16,19,22H,7-12,17H2,1-2H3,(H,33,37). The number of para-hydroxylation sites is 2. The molecule has 2 aliphatic rings. The molecule has 1 N–H and O–H groups in total. The highest BCUT2D eigenvalue weighted by atomic mass is 35.5. The molecule has 4 heterocycles. The van der Waals surface area contributed by atoms with Crippen molar-refractivity contribution in [1.29, 1.82) is 0 Å². The molecule has 1 aromatic carbocycles. The fourth-order valence-corrected chi connectivity index (χ4v) is 6.07. The van der Waals surface area contributed by atoms with Crippen LogP contribution in [0.1, 0.15) is 47.3 Å². The summed E-state index contributed by atoms with van der Waals surface area (Å²) in [6, 6.07) is 11.9. The van der Waals surface area contributed by atoms with Gasteiger partial charge in [-0.1, -0.05) is 23.7 Å². The van der Waals surface area contributed by atoms with E-state index < -0.39 is 0 Å². The van der Waals surface area contributed by atoms with Gasteiger partial charge in [0.1, 0.15) is 5.82 Å². The van der Waals surface area contributed by atoms with E-state index in [-0.39, 0.29) is 17.6 Å². The van der Waals surface area contributed by atoms with Crippen molar-refractivity contribution in [3.63, 3.8) is 0 Å². The lowest BCUT2D eigenvalue weighted by Gasteiger charge is -2.29. The SMILES string of the molecule is Cc1ncc(Cl)cc1C(=O)NC1CCC(Cn2c(=O)n(-c3cnc4c(c3)CCN4C)c3ccccc32)CC1. The van der Waals surface area contributed by atoms with E-state index in [0.717, 1.165) is 61.2 Å². The molecule has 0 atom stereocenters. The molecule has 1 amide bonds. The number of pyridine rings is 2. The molecule has 0 unspecified atom stereocenters. The summed E-state index contributed by atoms with van der Waals surface area (Å²) in [5, 5.41) is 3.61. The predicted molar refractivity (Wildman–Crippen MR) is 150 cm³/mol. The molecule has 6 rings (SSSR count). The average Bonchev–Trinajstić information content (AvgIpc) is 3.42. The molecule has 3 aromatic heterocycles. The van der Waals surface area contributed by atoms with Gasteiger partial charge >= 0.3 is 5.69 Å². The number of benzene rings is 1. The highest BCUT2D eigenvalue weighted by Crippen LogP contribution is 2.29. The highest BCUT2D eigenvalue weighted by molar-refractivity contribution is 6.30. The Hall–Kier alpha value is -3.65. The minimum absolute atomic E-state index is 0.0290. The summed E-state index contributed by atoms with van der Waals surface area (Å²) in [6.45, 7) is 3.42. The Balaban J connectivity index is 1.19. The number of anilines is 1. The fourth-order valence-electron chi connectivity index (χ4n) is 5.92. The van der Waals surface area contributed by atoms with Crippen molar-refractivity contribution in [2.75, 3.05) is 18.5 Å².